The van der Waals surface area contributed by atoms with Gasteiger partial charge in [0.05, 0.1) is 17.8 Å². The number of aliphatic hydroxyl groups is 3. The molecule has 0 aliphatic heterocycles. The first-order chi connectivity index (χ1) is 10.3. The number of hydrogen-bond donors (Lipinski definition) is 3. The van der Waals surface area contributed by atoms with Gasteiger partial charge in [-0.2, -0.15) is 0 Å². The molecule has 3 heteroatoms. The molecule has 3 N–H and O–H groups in total. The maximum absolute atomic E-state index is 11.3. The monoisotopic (exact) mass is 308 g/mol. The molecule has 4 fully saturated rings. The van der Waals surface area contributed by atoms with Crippen molar-refractivity contribution in [1.29, 1.82) is 0 Å². The van der Waals surface area contributed by atoms with Gasteiger partial charge in [0.25, 0.3) is 0 Å². The quantitative estimate of drug-likeness (QED) is 0.645. The maximum Gasteiger partial charge on any atom is 0.0985 e. The summed E-state index contributed by atoms with van der Waals surface area (Å²) in [6.07, 6.45) is 8.06. The van der Waals surface area contributed by atoms with E-state index < -0.39 is 17.8 Å². The van der Waals surface area contributed by atoms with Gasteiger partial charge < -0.3 is 15.3 Å². The first-order valence-corrected chi connectivity index (χ1v) is 9.39. The highest BCUT2D eigenvalue weighted by molar-refractivity contribution is 5.16. The van der Waals surface area contributed by atoms with Crippen LogP contribution in [0.5, 0.6) is 0 Å². The molecule has 4 aliphatic rings. The van der Waals surface area contributed by atoms with Crippen molar-refractivity contribution < 1.29 is 15.3 Å². The van der Waals surface area contributed by atoms with E-state index in [2.05, 4.69) is 13.8 Å². The van der Waals surface area contributed by atoms with Crippen molar-refractivity contribution in [1.82, 2.24) is 0 Å². The van der Waals surface area contributed by atoms with Crippen LogP contribution in [0.1, 0.15) is 71.6 Å². The van der Waals surface area contributed by atoms with Gasteiger partial charge in [-0.3, -0.25) is 0 Å². The smallest absolute Gasteiger partial charge is 0.0985 e. The normalized spacial score (nSPS) is 61.2. The molecule has 0 amide bonds. The Bertz CT molecular complexity index is 466. The lowest BCUT2D eigenvalue weighted by Gasteiger charge is -2.65. The second kappa shape index (κ2) is 4.70. The third kappa shape index (κ3) is 1.79. The Morgan fingerprint density at radius 3 is 2.45 bits per heavy atom. The Balaban J connectivity index is 1.71. The second-order valence-corrected chi connectivity index (χ2v) is 9.45. The van der Waals surface area contributed by atoms with Gasteiger partial charge in [-0.05, 0) is 68.1 Å². The summed E-state index contributed by atoms with van der Waals surface area (Å²) in [4.78, 5) is 0. The largest absolute Gasteiger partial charge is 0.393 e. The zero-order valence-corrected chi connectivity index (χ0v) is 14.1. The summed E-state index contributed by atoms with van der Waals surface area (Å²) in [6, 6.07) is 0. The van der Waals surface area contributed by atoms with Gasteiger partial charge in [0.1, 0.15) is 0 Å². The molecule has 4 saturated carbocycles. The molecule has 8 atom stereocenters. The molecule has 4 rings (SSSR count). The predicted molar refractivity (Wildman–Crippen MR) is 85.2 cm³/mol. The maximum atomic E-state index is 11.3. The van der Waals surface area contributed by atoms with Crippen LogP contribution in [0.2, 0.25) is 0 Å². The molecule has 22 heavy (non-hydrogen) atoms. The molecule has 0 aromatic carbocycles. The number of hydrogen-bond acceptors (Lipinski definition) is 3. The molecular weight excluding hydrogens is 276 g/mol. The number of rotatable bonds is 0. The van der Waals surface area contributed by atoms with Crippen molar-refractivity contribution in [2.75, 3.05) is 0 Å². The van der Waals surface area contributed by atoms with Gasteiger partial charge in [0.2, 0.25) is 0 Å². The molecular formula is C19H32O3. The molecule has 0 aromatic heterocycles. The number of aliphatic hydroxyl groups excluding tert-OH is 2. The molecule has 126 valence electrons. The predicted octanol–water partition coefficient (Wildman–Crippen LogP) is 2.87. The fourth-order valence-corrected chi connectivity index (χ4v) is 7.25. The summed E-state index contributed by atoms with van der Waals surface area (Å²) in [6.45, 7) is 4.66. The van der Waals surface area contributed by atoms with Crippen LogP contribution in [0.25, 0.3) is 0 Å². The fourth-order valence-electron chi connectivity index (χ4n) is 7.25. The van der Waals surface area contributed by atoms with E-state index >= 15 is 0 Å². The van der Waals surface area contributed by atoms with Crippen molar-refractivity contribution in [3.8, 4) is 0 Å². The van der Waals surface area contributed by atoms with Crippen LogP contribution in [0.3, 0.4) is 0 Å². The van der Waals surface area contributed by atoms with E-state index in [4.69, 9.17) is 0 Å². The van der Waals surface area contributed by atoms with Crippen LogP contribution in [0.15, 0.2) is 0 Å². The third-order valence-corrected chi connectivity index (χ3v) is 8.62. The van der Waals surface area contributed by atoms with Crippen LogP contribution in [0, 0.1) is 28.6 Å². The highest BCUT2D eigenvalue weighted by Crippen LogP contribution is 2.67. The van der Waals surface area contributed by atoms with Crippen LogP contribution < -0.4 is 0 Å². The molecule has 3 nitrogen and oxygen atoms in total. The first kappa shape index (κ1) is 15.4. The minimum atomic E-state index is -1.09. The zero-order valence-electron chi connectivity index (χ0n) is 14.1. The van der Waals surface area contributed by atoms with E-state index in [9.17, 15) is 15.3 Å². The lowest BCUT2D eigenvalue weighted by atomic mass is 9.43. The van der Waals surface area contributed by atoms with Crippen molar-refractivity contribution in [2.45, 2.75) is 89.4 Å². The van der Waals surface area contributed by atoms with E-state index in [1.165, 1.54) is 32.1 Å². The highest BCUT2D eigenvalue weighted by Gasteiger charge is 2.66. The van der Waals surface area contributed by atoms with Crippen LogP contribution in [0.4, 0.5) is 0 Å². The Morgan fingerprint density at radius 1 is 0.909 bits per heavy atom. The second-order valence-electron chi connectivity index (χ2n) is 9.45. The highest BCUT2D eigenvalue weighted by atomic mass is 16.3. The van der Waals surface area contributed by atoms with Gasteiger partial charge in [0.15, 0.2) is 0 Å². The Hall–Kier alpha value is -0.120. The zero-order chi connectivity index (χ0) is 15.8. The lowest BCUT2D eigenvalue weighted by molar-refractivity contribution is -0.263. The van der Waals surface area contributed by atoms with E-state index in [-0.39, 0.29) is 5.41 Å². The van der Waals surface area contributed by atoms with E-state index in [0.29, 0.717) is 23.7 Å². The van der Waals surface area contributed by atoms with Gasteiger partial charge in [0, 0.05) is 11.8 Å². The van der Waals surface area contributed by atoms with E-state index in [1.807, 2.05) is 0 Å². The summed E-state index contributed by atoms with van der Waals surface area (Å²) in [7, 11) is 0. The molecule has 0 bridgehead atoms. The average molecular weight is 308 g/mol. The molecule has 3 unspecified atom stereocenters. The lowest BCUT2D eigenvalue weighted by Crippen LogP contribution is -2.68. The van der Waals surface area contributed by atoms with Crippen molar-refractivity contribution in [3.05, 3.63) is 0 Å². The van der Waals surface area contributed by atoms with Gasteiger partial charge in [-0.15, -0.1) is 0 Å². The van der Waals surface area contributed by atoms with Crippen molar-refractivity contribution in [2.24, 2.45) is 28.6 Å². The average Bonchev–Trinajstić information content (AvgIpc) is 2.84. The molecule has 0 aromatic rings. The molecule has 4 aliphatic carbocycles. The van der Waals surface area contributed by atoms with Gasteiger partial charge in [-0.25, -0.2) is 0 Å². The molecule has 0 heterocycles. The van der Waals surface area contributed by atoms with Crippen LogP contribution >= 0.6 is 0 Å². The van der Waals surface area contributed by atoms with Crippen molar-refractivity contribution in [3.63, 3.8) is 0 Å². The summed E-state index contributed by atoms with van der Waals surface area (Å²) in [5, 5.41) is 32.2. The van der Waals surface area contributed by atoms with Gasteiger partial charge in [-0.1, -0.05) is 20.3 Å². The minimum Gasteiger partial charge on any atom is -0.393 e. The Morgan fingerprint density at radius 2 is 1.68 bits per heavy atom. The number of fused-ring (bicyclic) bond motifs is 5. The molecule has 0 radical (unpaired) electrons. The topological polar surface area (TPSA) is 60.7 Å². The SMILES string of the molecule is C[C@@]12CCC[C@H]1[C@@H]1CC(O)C3(O)CC(O)CC[C@]3(C)[C@@H]1CC2. The Kier molecular flexibility index (Phi) is 3.30. The standard InChI is InChI=1S/C19H32O3/c1-17-7-3-4-14(17)13-10-16(21)19(22)11-12(20)5-9-18(19,2)15(13)6-8-17/h12-16,20-22H,3-11H2,1-2H3/t12?,13-,14-,15+,16?,17-,18+,19?/m0/s1. The van der Waals surface area contributed by atoms with E-state index in [0.717, 1.165) is 25.2 Å². The molecule has 0 spiro atoms. The van der Waals surface area contributed by atoms with Crippen molar-refractivity contribution >= 4 is 0 Å². The summed E-state index contributed by atoms with van der Waals surface area (Å²) < 4.78 is 0. The van der Waals surface area contributed by atoms with Crippen LogP contribution in [-0.2, 0) is 0 Å². The summed E-state index contributed by atoms with van der Waals surface area (Å²) in [5.41, 5.74) is -0.836. The third-order valence-electron chi connectivity index (χ3n) is 8.62. The summed E-state index contributed by atoms with van der Waals surface area (Å²) in [5.74, 6) is 1.82. The van der Waals surface area contributed by atoms with Gasteiger partial charge >= 0.3 is 0 Å². The van der Waals surface area contributed by atoms with E-state index in [1.54, 1.807) is 0 Å². The Labute approximate surface area is 134 Å². The first-order valence-electron chi connectivity index (χ1n) is 9.39. The summed E-state index contributed by atoms with van der Waals surface area (Å²) >= 11 is 0. The fraction of sp³-hybridized carbons (Fsp3) is 1.00. The molecule has 0 saturated heterocycles. The minimum absolute atomic E-state index is 0.224. The van der Waals surface area contributed by atoms with Crippen LogP contribution in [-0.4, -0.2) is 33.1 Å².